The Morgan fingerprint density at radius 3 is 2.81 bits per heavy atom. The lowest BCUT2D eigenvalue weighted by molar-refractivity contribution is -0.143. The van der Waals surface area contributed by atoms with Gasteiger partial charge in [-0.05, 0) is 24.8 Å². The minimum atomic E-state index is -0.858. The summed E-state index contributed by atoms with van der Waals surface area (Å²) < 4.78 is 0. The second-order valence-corrected chi connectivity index (χ2v) is 5.99. The van der Waals surface area contributed by atoms with Crippen LogP contribution in [0.25, 0.3) is 0 Å². The second kappa shape index (κ2) is 6.71. The van der Waals surface area contributed by atoms with Gasteiger partial charge in [0, 0.05) is 25.6 Å². The zero-order valence-corrected chi connectivity index (χ0v) is 12.6. The van der Waals surface area contributed by atoms with Crippen molar-refractivity contribution in [3.05, 3.63) is 22.4 Å². The molecule has 2 N–H and O–H groups in total. The molecule has 0 radical (unpaired) electrons. The Bertz CT molecular complexity index is 529. The molecular weight excluding hydrogens is 292 g/mol. The standard InChI is InChI=1S/C14H18N2O4S/c1-9-10(14(19)20)5-7-16(9)12(17)4-6-15-13(18)11-3-2-8-21-11/h2-3,8-10H,4-7H2,1H3,(H,15,18)(H,19,20). The fourth-order valence-corrected chi connectivity index (χ4v) is 3.18. The molecule has 1 fully saturated rings. The summed E-state index contributed by atoms with van der Waals surface area (Å²) in [5, 5.41) is 13.6. The molecule has 7 heteroatoms. The van der Waals surface area contributed by atoms with Gasteiger partial charge in [-0.1, -0.05) is 6.07 Å². The van der Waals surface area contributed by atoms with Crippen molar-refractivity contribution in [1.82, 2.24) is 10.2 Å². The van der Waals surface area contributed by atoms with Crippen molar-refractivity contribution in [2.24, 2.45) is 5.92 Å². The van der Waals surface area contributed by atoms with Crippen LogP contribution >= 0.6 is 11.3 Å². The van der Waals surface area contributed by atoms with Gasteiger partial charge in [0.25, 0.3) is 5.91 Å². The van der Waals surface area contributed by atoms with Gasteiger partial charge in [0.05, 0.1) is 10.8 Å². The number of carboxylic acids is 1. The molecule has 114 valence electrons. The summed E-state index contributed by atoms with van der Waals surface area (Å²) in [5.74, 6) is -1.65. The Kier molecular flexibility index (Phi) is 4.95. The molecule has 0 aliphatic carbocycles. The smallest absolute Gasteiger partial charge is 0.308 e. The molecule has 6 nitrogen and oxygen atoms in total. The number of nitrogens with zero attached hydrogens (tertiary/aromatic N) is 1. The van der Waals surface area contributed by atoms with Crippen LogP contribution in [0.3, 0.4) is 0 Å². The molecule has 0 aromatic carbocycles. The Balaban J connectivity index is 1.78. The predicted molar refractivity (Wildman–Crippen MR) is 78.2 cm³/mol. The molecule has 1 saturated heterocycles. The van der Waals surface area contributed by atoms with Crippen LogP contribution in [0.2, 0.25) is 0 Å². The molecule has 2 unspecified atom stereocenters. The Morgan fingerprint density at radius 2 is 2.24 bits per heavy atom. The van der Waals surface area contributed by atoms with Crippen molar-refractivity contribution in [2.75, 3.05) is 13.1 Å². The average molecular weight is 310 g/mol. The molecule has 1 aliphatic heterocycles. The number of carbonyl (C=O) groups excluding carboxylic acids is 2. The maximum Gasteiger partial charge on any atom is 0.308 e. The molecule has 0 bridgehead atoms. The highest BCUT2D eigenvalue weighted by Crippen LogP contribution is 2.24. The van der Waals surface area contributed by atoms with Gasteiger partial charge in [0.1, 0.15) is 0 Å². The van der Waals surface area contributed by atoms with Gasteiger partial charge >= 0.3 is 5.97 Å². The first kappa shape index (κ1) is 15.5. The van der Waals surface area contributed by atoms with Crippen molar-refractivity contribution in [1.29, 1.82) is 0 Å². The predicted octanol–water partition coefficient (Wildman–Crippen LogP) is 1.19. The van der Waals surface area contributed by atoms with Crippen molar-refractivity contribution in [3.63, 3.8) is 0 Å². The molecule has 1 aromatic heterocycles. The summed E-state index contributed by atoms with van der Waals surface area (Å²) in [4.78, 5) is 37.0. The highest BCUT2D eigenvalue weighted by atomic mass is 32.1. The third-order valence-electron chi connectivity index (χ3n) is 3.76. The van der Waals surface area contributed by atoms with Crippen LogP contribution in [0, 0.1) is 5.92 Å². The number of hydrogen-bond acceptors (Lipinski definition) is 4. The first-order valence-corrected chi connectivity index (χ1v) is 7.72. The zero-order valence-electron chi connectivity index (χ0n) is 11.7. The third kappa shape index (κ3) is 3.60. The van der Waals surface area contributed by atoms with Gasteiger partial charge in [-0.25, -0.2) is 0 Å². The molecule has 21 heavy (non-hydrogen) atoms. The Hall–Kier alpha value is -1.89. The SMILES string of the molecule is CC1C(C(=O)O)CCN1C(=O)CCNC(=O)c1cccs1. The second-order valence-electron chi connectivity index (χ2n) is 5.04. The van der Waals surface area contributed by atoms with Crippen LogP contribution in [-0.4, -0.2) is 46.9 Å². The molecular formula is C14H18N2O4S. The quantitative estimate of drug-likeness (QED) is 0.855. The summed E-state index contributed by atoms with van der Waals surface area (Å²) >= 11 is 1.35. The van der Waals surface area contributed by atoms with Crippen molar-refractivity contribution >= 4 is 29.1 Å². The van der Waals surface area contributed by atoms with Crippen LogP contribution in [-0.2, 0) is 9.59 Å². The minimum absolute atomic E-state index is 0.113. The van der Waals surface area contributed by atoms with Crippen molar-refractivity contribution < 1.29 is 19.5 Å². The number of carbonyl (C=O) groups is 3. The molecule has 2 atom stereocenters. The molecule has 0 spiro atoms. The van der Waals surface area contributed by atoms with E-state index in [-0.39, 0.29) is 30.8 Å². The lowest BCUT2D eigenvalue weighted by atomic mass is 10.0. The Labute approximate surface area is 126 Å². The summed E-state index contributed by atoms with van der Waals surface area (Å²) in [6.07, 6.45) is 0.678. The van der Waals surface area contributed by atoms with E-state index in [2.05, 4.69) is 5.32 Å². The number of hydrogen-bond donors (Lipinski definition) is 2. The fourth-order valence-electron chi connectivity index (χ4n) is 2.54. The van der Waals surface area contributed by atoms with Gasteiger partial charge in [-0.15, -0.1) is 11.3 Å². The number of likely N-dealkylation sites (tertiary alicyclic amines) is 1. The van der Waals surface area contributed by atoms with Crippen LogP contribution in [0.4, 0.5) is 0 Å². The zero-order chi connectivity index (χ0) is 15.4. The number of rotatable bonds is 5. The highest BCUT2D eigenvalue weighted by molar-refractivity contribution is 7.12. The van der Waals surface area contributed by atoms with E-state index in [1.165, 1.54) is 11.3 Å². The van der Waals surface area contributed by atoms with E-state index in [1.807, 2.05) is 5.38 Å². The average Bonchev–Trinajstić information content (AvgIpc) is 3.07. The molecule has 2 heterocycles. The number of amides is 2. The summed E-state index contributed by atoms with van der Waals surface area (Å²) in [6.45, 7) is 2.49. The number of carboxylic acid groups (broad SMARTS) is 1. The summed E-state index contributed by atoms with van der Waals surface area (Å²) in [6, 6.07) is 3.23. The monoisotopic (exact) mass is 310 g/mol. The minimum Gasteiger partial charge on any atom is -0.481 e. The largest absolute Gasteiger partial charge is 0.481 e. The van der Waals surface area contributed by atoms with E-state index in [9.17, 15) is 14.4 Å². The van der Waals surface area contributed by atoms with Crippen LogP contribution in [0.1, 0.15) is 29.4 Å². The lowest BCUT2D eigenvalue weighted by Crippen LogP contribution is -2.39. The van der Waals surface area contributed by atoms with Gasteiger partial charge < -0.3 is 15.3 Å². The lowest BCUT2D eigenvalue weighted by Gasteiger charge is -2.23. The number of aliphatic carboxylic acids is 1. The Morgan fingerprint density at radius 1 is 1.48 bits per heavy atom. The van der Waals surface area contributed by atoms with E-state index in [1.54, 1.807) is 24.0 Å². The topological polar surface area (TPSA) is 86.7 Å². The summed E-state index contributed by atoms with van der Waals surface area (Å²) in [7, 11) is 0. The maximum absolute atomic E-state index is 12.1. The van der Waals surface area contributed by atoms with Crippen LogP contribution in [0.15, 0.2) is 17.5 Å². The van der Waals surface area contributed by atoms with Crippen LogP contribution < -0.4 is 5.32 Å². The van der Waals surface area contributed by atoms with Crippen LogP contribution in [0.5, 0.6) is 0 Å². The van der Waals surface area contributed by atoms with Gasteiger partial charge in [-0.3, -0.25) is 14.4 Å². The first-order chi connectivity index (χ1) is 10.0. The van der Waals surface area contributed by atoms with Gasteiger partial charge in [0.2, 0.25) is 5.91 Å². The summed E-state index contributed by atoms with van der Waals surface area (Å²) in [5.41, 5.74) is 0. The molecule has 1 aliphatic rings. The normalized spacial score (nSPS) is 21.3. The molecule has 1 aromatic rings. The van der Waals surface area contributed by atoms with Crippen molar-refractivity contribution in [3.8, 4) is 0 Å². The first-order valence-electron chi connectivity index (χ1n) is 6.84. The van der Waals surface area contributed by atoms with Gasteiger partial charge in [0.15, 0.2) is 0 Å². The van der Waals surface area contributed by atoms with E-state index < -0.39 is 11.9 Å². The van der Waals surface area contributed by atoms with E-state index >= 15 is 0 Å². The van der Waals surface area contributed by atoms with E-state index in [4.69, 9.17) is 5.11 Å². The number of nitrogens with one attached hydrogen (secondary N) is 1. The molecule has 2 rings (SSSR count). The fraction of sp³-hybridized carbons (Fsp3) is 0.500. The highest BCUT2D eigenvalue weighted by Gasteiger charge is 2.37. The molecule has 0 saturated carbocycles. The third-order valence-corrected chi connectivity index (χ3v) is 4.63. The maximum atomic E-state index is 12.1. The van der Waals surface area contributed by atoms with Crippen molar-refractivity contribution in [2.45, 2.75) is 25.8 Å². The number of thiophene rings is 1. The molecule has 2 amide bonds. The van der Waals surface area contributed by atoms with Gasteiger partial charge in [-0.2, -0.15) is 0 Å². The van der Waals surface area contributed by atoms with E-state index in [0.29, 0.717) is 17.8 Å². The van der Waals surface area contributed by atoms with E-state index in [0.717, 1.165) is 0 Å².